The summed E-state index contributed by atoms with van der Waals surface area (Å²) < 4.78 is 11.3. The van der Waals surface area contributed by atoms with E-state index in [0.29, 0.717) is 17.5 Å². The van der Waals surface area contributed by atoms with E-state index in [1.807, 2.05) is 36.4 Å². The summed E-state index contributed by atoms with van der Waals surface area (Å²) in [6.07, 6.45) is 0.613. The van der Waals surface area contributed by atoms with Crippen LogP contribution in [0.25, 0.3) is 0 Å². The summed E-state index contributed by atoms with van der Waals surface area (Å²) in [6.45, 7) is 0. The molecule has 0 amide bonds. The zero-order valence-electron chi connectivity index (χ0n) is 12.6. The van der Waals surface area contributed by atoms with E-state index in [-0.39, 0.29) is 11.9 Å². The molecule has 2 rings (SSSR count). The topological polar surface area (TPSA) is 52.6 Å². The number of hydrogen-bond donors (Lipinski definition) is 0. The molecule has 0 spiro atoms. The van der Waals surface area contributed by atoms with E-state index in [4.69, 9.17) is 9.47 Å². The molecular weight excluding hydrogens is 522 g/mol. The molecule has 0 aliphatic rings. The lowest BCUT2D eigenvalue weighted by atomic mass is 10.0. The molecule has 0 aliphatic heterocycles. The molecule has 2 aromatic carbocycles. The van der Waals surface area contributed by atoms with Crippen molar-refractivity contribution in [3.8, 4) is 0 Å². The maximum atomic E-state index is 11.8. The summed E-state index contributed by atoms with van der Waals surface area (Å²) in [5.41, 5.74) is 3.04. The summed E-state index contributed by atoms with van der Waals surface area (Å²) >= 11 is 4.21. The van der Waals surface area contributed by atoms with E-state index >= 15 is 0 Å². The lowest BCUT2D eigenvalue weighted by molar-refractivity contribution is 0.0590. The molecule has 2 aromatic rings. The first-order valence-electron chi connectivity index (χ1n) is 6.69. The fraction of sp³-hybridized carbons (Fsp3) is 0.176. The Hall–Kier alpha value is -1.16. The van der Waals surface area contributed by atoms with Crippen molar-refractivity contribution in [2.75, 3.05) is 14.2 Å². The van der Waals surface area contributed by atoms with Crippen molar-refractivity contribution in [1.29, 1.82) is 0 Å². The van der Waals surface area contributed by atoms with Crippen LogP contribution in [0.5, 0.6) is 0 Å². The summed E-state index contributed by atoms with van der Waals surface area (Å²) in [4.78, 5) is 23.6. The molecule has 0 unspecified atom stereocenters. The van der Waals surface area contributed by atoms with Crippen LogP contribution in [-0.2, 0) is 15.9 Å². The third-order valence-electron chi connectivity index (χ3n) is 3.28. The molecular formula is C17H14I2O4. The fourth-order valence-corrected chi connectivity index (χ4v) is 3.24. The average Bonchev–Trinajstić information content (AvgIpc) is 2.56. The standard InChI is InChI=1S/C17H14I2O4/c1-22-16(20)12-8-10(3-5-14(12)18)7-11-4-6-15(19)13(9-11)17(21)23-2/h3-6,8-9H,7H2,1-2H3. The maximum absolute atomic E-state index is 11.8. The minimum Gasteiger partial charge on any atom is -0.465 e. The zero-order chi connectivity index (χ0) is 17.0. The Morgan fingerprint density at radius 2 is 1.22 bits per heavy atom. The quantitative estimate of drug-likeness (QED) is 0.438. The van der Waals surface area contributed by atoms with E-state index in [9.17, 15) is 9.59 Å². The highest BCUT2D eigenvalue weighted by atomic mass is 127. The van der Waals surface area contributed by atoms with Crippen LogP contribution in [0.3, 0.4) is 0 Å². The number of esters is 2. The third-order valence-corrected chi connectivity index (χ3v) is 5.16. The van der Waals surface area contributed by atoms with Gasteiger partial charge in [0, 0.05) is 7.14 Å². The number of ether oxygens (including phenoxy) is 2. The number of hydrogen-bond acceptors (Lipinski definition) is 4. The normalized spacial score (nSPS) is 10.3. The molecule has 23 heavy (non-hydrogen) atoms. The Kier molecular flexibility index (Phi) is 6.40. The first kappa shape index (κ1) is 18.2. The Morgan fingerprint density at radius 1 is 0.826 bits per heavy atom. The van der Waals surface area contributed by atoms with Gasteiger partial charge in [-0.2, -0.15) is 0 Å². The number of rotatable bonds is 4. The summed E-state index contributed by atoms with van der Waals surface area (Å²) in [6, 6.07) is 11.3. The van der Waals surface area contributed by atoms with Gasteiger partial charge in [0.15, 0.2) is 0 Å². The second-order valence-electron chi connectivity index (χ2n) is 4.79. The summed E-state index contributed by atoms with van der Waals surface area (Å²) in [5.74, 6) is -0.705. The van der Waals surface area contributed by atoms with Crippen LogP contribution in [0.15, 0.2) is 36.4 Å². The van der Waals surface area contributed by atoms with Gasteiger partial charge in [-0.3, -0.25) is 0 Å². The SMILES string of the molecule is COC(=O)c1cc(Cc2ccc(I)c(C(=O)OC)c2)ccc1I. The van der Waals surface area contributed by atoms with Gasteiger partial charge in [0.1, 0.15) is 0 Å². The Balaban J connectivity index is 2.33. The Bertz CT molecular complexity index is 693. The van der Waals surface area contributed by atoms with Crippen molar-refractivity contribution in [2.45, 2.75) is 6.42 Å². The monoisotopic (exact) mass is 536 g/mol. The Morgan fingerprint density at radius 3 is 1.57 bits per heavy atom. The molecule has 0 heterocycles. The van der Waals surface area contributed by atoms with Gasteiger partial charge in [-0.1, -0.05) is 12.1 Å². The van der Waals surface area contributed by atoms with Crippen molar-refractivity contribution in [3.05, 3.63) is 65.8 Å². The van der Waals surface area contributed by atoms with Gasteiger partial charge in [0.25, 0.3) is 0 Å². The number of benzene rings is 2. The lowest BCUT2D eigenvalue weighted by Gasteiger charge is -2.09. The van der Waals surface area contributed by atoms with Crippen molar-refractivity contribution >= 4 is 57.1 Å². The van der Waals surface area contributed by atoms with Gasteiger partial charge in [-0.15, -0.1) is 0 Å². The zero-order valence-corrected chi connectivity index (χ0v) is 16.9. The smallest absolute Gasteiger partial charge is 0.338 e. The molecule has 0 saturated carbocycles. The molecule has 0 bridgehead atoms. The predicted octanol–water partition coefficient (Wildman–Crippen LogP) is 4.06. The maximum Gasteiger partial charge on any atom is 0.338 e. The van der Waals surface area contributed by atoms with E-state index in [1.54, 1.807) is 0 Å². The third kappa shape index (κ3) is 4.43. The van der Waals surface area contributed by atoms with Crippen LogP contribution in [-0.4, -0.2) is 26.2 Å². The van der Waals surface area contributed by atoms with Gasteiger partial charge in [-0.05, 0) is 87.0 Å². The van der Waals surface area contributed by atoms with Crippen LogP contribution in [0.4, 0.5) is 0 Å². The molecule has 4 nitrogen and oxygen atoms in total. The molecule has 0 radical (unpaired) electrons. The summed E-state index contributed by atoms with van der Waals surface area (Å²) in [5, 5.41) is 0. The van der Waals surface area contributed by atoms with Crippen molar-refractivity contribution < 1.29 is 19.1 Å². The minimum absolute atomic E-state index is 0.353. The number of carbonyl (C=O) groups is 2. The highest BCUT2D eigenvalue weighted by molar-refractivity contribution is 14.1. The van der Waals surface area contributed by atoms with Crippen molar-refractivity contribution in [3.63, 3.8) is 0 Å². The van der Waals surface area contributed by atoms with Crippen molar-refractivity contribution in [2.24, 2.45) is 0 Å². The van der Waals surface area contributed by atoms with Crippen LogP contribution >= 0.6 is 45.2 Å². The lowest BCUT2D eigenvalue weighted by Crippen LogP contribution is -2.06. The first-order valence-corrected chi connectivity index (χ1v) is 8.85. The van der Waals surface area contributed by atoms with Gasteiger partial charge in [0.05, 0.1) is 25.3 Å². The van der Waals surface area contributed by atoms with E-state index in [2.05, 4.69) is 45.2 Å². The molecule has 0 fully saturated rings. The molecule has 0 N–H and O–H groups in total. The minimum atomic E-state index is -0.353. The summed E-state index contributed by atoms with van der Waals surface area (Å²) in [7, 11) is 2.74. The Labute approximate surface area is 161 Å². The highest BCUT2D eigenvalue weighted by Gasteiger charge is 2.13. The van der Waals surface area contributed by atoms with Gasteiger partial charge < -0.3 is 9.47 Å². The van der Waals surface area contributed by atoms with Crippen molar-refractivity contribution in [1.82, 2.24) is 0 Å². The highest BCUT2D eigenvalue weighted by Crippen LogP contribution is 2.21. The second-order valence-corrected chi connectivity index (χ2v) is 7.11. The number of carbonyl (C=O) groups excluding carboxylic acids is 2. The molecule has 120 valence electrons. The predicted molar refractivity (Wildman–Crippen MR) is 104 cm³/mol. The number of halogens is 2. The molecule has 0 saturated heterocycles. The first-order chi connectivity index (χ1) is 11.0. The largest absolute Gasteiger partial charge is 0.465 e. The average molecular weight is 536 g/mol. The second kappa shape index (κ2) is 8.09. The van der Waals surface area contributed by atoms with Crippen LogP contribution in [0, 0.1) is 7.14 Å². The van der Waals surface area contributed by atoms with Crippen LogP contribution in [0.2, 0.25) is 0 Å². The van der Waals surface area contributed by atoms with E-state index < -0.39 is 0 Å². The van der Waals surface area contributed by atoms with Gasteiger partial charge in [0.2, 0.25) is 0 Å². The van der Waals surface area contributed by atoms with Crippen LogP contribution < -0.4 is 0 Å². The molecule has 0 aliphatic carbocycles. The van der Waals surface area contributed by atoms with Crippen LogP contribution in [0.1, 0.15) is 31.8 Å². The van der Waals surface area contributed by atoms with Gasteiger partial charge in [-0.25, -0.2) is 9.59 Å². The molecule has 0 atom stereocenters. The fourth-order valence-electron chi connectivity index (χ4n) is 2.13. The van der Waals surface area contributed by atoms with Gasteiger partial charge >= 0.3 is 11.9 Å². The number of methoxy groups -OCH3 is 2. The van der Waals surface area contributed by atoms with E-state index in [0.717, 1.165) is 18.3 Å². The molecule has 0 aromatic heterocycles. The molecule has 6 heteroatoms. The van der Waals surface area contributed by atoms with E-state index in [1.165, 1.54) is 14.2 Å².